The van der Waals surface area contributed by atoms with Gasteiger partial charge in [-0.1, -0.05) is 48.9 Å². The summed E-state index contributed by atoms with van der Waals surface area (Å²) in [6, 6.07) is 17.6. The first-order valence-corrected chi connectivity index (χ1v) is 10.4. The average Bonchev–Trinajstić information content (AvgIpc) is 3.22. The van der Waals surface area contributed by atoms with Gasteiger partial charge in [0.15, 0.2) is 11.2 Å². The van der Waals surface area contributed by atoms with Crippen LogP contribution in [0, 0.1) is 6.92 Å². The van der Waals surface area contributed by atoms with E-state index in [1.807, 2.05) is 42.5 Å². The fourth-order valence-electron chi connectivity index (χ4n) is 3.71. The third-order valence-electron chi connectivity index (χ3n) is 5.37. The number of para-hydroxylation sites is 1. The van der Waals surface area contributed by atoms with E-state index >= 15 is 0 Å². The molecule has 7 heteroatoms. The standard InChI is InChI=1S/C24H21N5O2/c1-3-4-8-16-11-13-17(14-12-16)23-26-20-19(24(30)31-23)15(2)25-22-21(20)27-28-29(22)18-9-6-5-7-10-18/h5-7,9-14H,3-4,8H2,1-2H3. The zero-order chi connectivity index (χ0) is 21.4. The van der Waals surface area contributed by atoms with Gasteiger partial charge in [0.05, 0.1) is 11.4 Å². The van der Waals surface area contributed by atoms with Gasteiger partial charge < -0.3 is 4.42 Å². The zero-order valence-electron chi connectivity index (χ0n) is 17.4. The number of aryl methyl sites for hydroxylation is 2. The van der Waals surface area contributed by atoms with Crippen molar-refractivity contribution in [2.75, 3.05) is 0 Å². The lowest BCUT2D eigenvalue weighted by Gasteiger charge is -2.06. The second-order valence-electron chi connectivity index (χ2n) is 7.54. The number of hydrogen-bond acceptors (Lipinski definition) is 6. The number of benzene rings is 2. The molecule has 0 radical (unpaired) electrons. The molecule has 2 aromatic carbocycles. The van der Waals surface area contributed by atoms with Crippen molar-refractivity contribution in [1.82, 2.24) is 25.0 Å². The van der Waals surface area contributed by atoms with Gasteiger partial charge in [0.25, 0.3) is 0 Å². The number of fused-ring (bicyclic) bond motifs is 3. The quantitative estimate of drug-likeness (QED) is 0.419. The van der Waals surface area contributed by atoms with E-state index in [9.17, 15) is 4.79 Å². The average molecular weight is 411 g/mol. The van der Waals surface area contributed by atoms with Crippen LogP contribution in [0.4, 0.5) is 0 Å². The SMILES string of the molecule is CCCCc1ccc(-c2nc3c(c(C)nc4c3nnn4-c3ccccc3)c(=O)o2)cc1. The second-order valence-corrected chi connectivity index (χ2v) is 7.54. The summed E-state index contributed by atoms with van der Waals surface area (Å²) in [7, 11) is 0. The molecule has 0 amide bonds. The number of unbranched alkanes of at least 4 members (excludes halogenated alkanes) is 1. The molecule has 31 heavy (non-hydrogen) atoms. The predicted octanol–water partition coefficient (Wildman–Crippen LogP) is 4.63. The molecule has 7 nitrogen and oxygen atoms in total. The monoisotopic (exact) mass is 411 g/mol. The molecule has 0 atom stereocenters. The van der Waals surface area contributed by atoms with E-state index in [0.717, 1.165) is 30.5 Å². The summed E-state index contributed by atoms with van der Waals surface area (Å²) in [4.78, 5) is 22.1. The lowest BCUT2D eigenvalue weighted by Crippen LogP contribution is -2.07. The molecule has 0 aliphatic rings. The minimum atomic E-state index is -0.476. The van der Waals surface area contributed by atoms with Gasteiger partial charge in [-0.2, -0.15) is 4.68 Å². The molecular formula is C24H21N5O2. The highest BCUT2D eigenvalue weighted by Crippen LogP contribution is 2.26. The van der Waals surface area contributed by atoms with Crippen LogP contribution >= 0.6 is 0 Å². The third kappa shape index (κ3) is 3.38. The molecule has 0 aliphatic carbocycles. The van der Waals surface area contributed by atoms with Crippen molar-refractivity contribution in [3.8, 4) is 17.1 Å². The van der Waals surface area contributed by atoms with E-state index in [1.165, 1.54) is 5.56 Å². The Morgan fingerprint density at radius 1 is 0.968 bits per heavy atom. The molecule has 0 aliphatic heterocycles. The fraction of sp³-hybridized carbons (Fsp3) is 0.208. The highest BCUT2D eigenvalue weighted by Gasteiger charge is 2.19. The van der Waals surface area contributed by atoms with Crippen molar-refractivity contribution >= 4 is 22.1 Å². The van der Waals surface area contributed by atoms with Gasteiger partial charge in [0.1, 0.15) is 10.9 Å². The van der Waals surface area contributed by atoms with Crippen LogP contribution in [0.5, 0.6) is 0 Å². The van der Waals surface area contributed by atoms with Gasteiger partial charge in [-0.15, -0.1) is 5.10 Å². The van der Waals surface area contributed by atoms with E-state index in [2.05, 4.69) is 39.3 Å². The first-order valence-electron chi connectivity index (χ1n) is 10.4. The minimum Gasteiger partial charge on any atom is -0.403 e. The van der Waals surface area contributed by atoms with Crippen LogP contribution < -0.4 is 5.63 Å². The molecule has 0 saturated heterocycles. The summed E-state index contributed by atoms with van der Waals surface area (Å²) in [6.07, 6.45) is 3.32. The minimum absolute atomic E-state index is 0.265. The molecule has 5 rings (SSSR count). The number of hydrogen-bond donors (Lipinski definition) is 0. The Kier molecular flexibility index (Phi) is 4.78. The maximum absolute atomic E-state index is 12.8. The Hall–Kier alpha value is -3.87. The van der Waals surface area contributed by atoms with Gasteiger partial charge in [-0.25, -0.2) is 14.8 Å². The Labute approximate surface area is 178 Å². The van der Waals surface area contributed by atoms with E-state index in [1.54, 1.807) is 11.6 Å². The summed E-state index contributed by atoms with van der Waals surface area (Å²) >= 11 is 0. The number of aromatic nitrogens is 5. The van der Waals surface area contributed by atoms with Gasteiger partial charge in [0.2, 0.25) is 5.89 Å². The molecule has 0 fully saturated rings. The maximum Gasteiger partial charge on any atom is 0.349 e. The van der Waals surface area contributed by atoms with E-state index < -0.39 is 5.63 Å². The van der Waals surface area contributed by atoms with E-state index in [0.29, 0.717) is 27.8 Å². The highest BCUT2D eigenvalue weighted by atomic mass is 16.4. The largest absolute Gasteiger partial charge is 0.403 e. The second kappa shape index (κ2) is 7.75. The molecule has 0 saturated carbocycles. The van der Waals surface area contributed by atoms with Crippen molar-refractivity contribution in [1.29, 1.82) is 0 Å². The molecule has 0 spiro atoms. The molecule has 0 N–H and O–H groups in total. The molecule has 3 aromatic heterocycles. The molecular weight excluding hydrogens is 390 g/mol. The van der Waals surface area contributed by atoms with Crippen molar-refractivity contribution in [3.05, 3.63) is 76.3 Å². The van der Waals surface area contributed by atoms with Crippen LogP contribution in [0.3, 0.4) is 0 Å². The van der Waals surface area contributed by atoms with Gasteiger partial charge >= 0.3 is 5.63 Å². The van der Waals surface area contributed by atoms with E-state index in [4.69, 9.17) is 4.42 Å². The predicted molar refractivity (Wildman–Crippen MR) is 119 cm³/mol. The Morgan fingerprint density at radius 3 is 2.48 bits per heavy atom. The van der Waals surface area contributed by atoms with Crippen LogP contribution in [-0.4, -0.2) is 25.0 Å². The van der Waals surface area contributed by atoms with Crippen LogP contribution in [0.15, 0.2) is 63.8 Å². The van der Waals surface area contributed by atoms with Gasteiger partial charge in [-0.05, 0) is 49.6 Å². The Morgan fingerprint density at radius 2 is 1.74 bits per heavy atom. The van der Waals surface area contributed by atoms with Gasteiger partial charge in [-0.3, -0.25) is 0 Å². The van der Waals surface area contributed by atoms with Crippen LogP contribution in [0.1, 0.15) is 31.0 Å². The van der Waals surface area contributed by atoms with Crippen molar-refractivity contribution in [2.24, 2.45) is 0 Å². The first-order chi connectivity index (χ1) is 15.2. The summed E-state index contributed by atoms with van der Waals surface area (Å²) in [6.45, 7) is 3.94. The number of nitrogens with zero attached hydrogens (tertiary/aromatic N) is 5. The molecule has 3 heterocycles. The van der Waals surface area contributed by atoms with Crippen LogP contribution in [0.25, 0.3) is 39.2 Å². The Bertz CT molecular complexity index is 1440. The van der Waals surface area contributed by atoms with Crippen LogP contribution in [0.2, 0.25) is 0 Å². The van der Waals surface area contributed by atoms with Crippen molar-refractivity contribution < 1.29 is 4.42 Å². The zero-order valence-corrected chi connectivity index (χ0v) is 17.4. The van der Waals surface area contributed by atoms with E-state index in [-0.39, 0.29) is 5.89 Å². The van der Waals surface area contributed by atoms with Crippen molar-refractivity contribution in [2.45, 2.75) is 33.1 Å². The molecule has 5 aromatic rings. The molecule has 154 valence electrons. The maximum atomic E-state index is 12.8. The summed E-state index contributed by atoms with van der Waals surface area (Å²) in [5.74, 6) is 0.265. The lowest BCUT2D eigenvalue weighted by molar-refractivity contribution is 0.518. The summed E-state index contributed by atoms with van der Waals surface area (Å²) in [5, 5.41) is 8.89. The summed E-state index contributed by atoms with van der Waals surface area (Å²) in [5.41, 5.74) is 4.36. The smallest absolute Gasteiger partial charge is 0.349 e. The summed E-state index contributed by atoms with van der Waals surface area (Å²) < 4.78 is 7.21. The highest BCUT2D eigenvalue weighted by molar-refractivity contribution is 6.00. The van der Waals surface area contributed by atoms with Crippen LogP contribution in [-0.2, 0) is 6.42 Å². The molecule has 0 bridgehead atoms. The molecule has 0 unspecified atom stereocenters. The third-order valence-corrected chi connectivity index (χ3v) is 5.37. The van der Waals surface area contributed by atoms with Crippen molar-refractivity contribution in [3.63, 3.8) is 0 Å². The van der Waals surface area contributed by atoms with Gasteiger partial charge in [0, 0.05) is 5.56 Å². The first kappa shape index (κ1) is 19.1. The number of rotatable bonds is 5. The lowest BCUT2D eigenvalue weighted by atomic mass is 10.1. The fourth-order valence-corrected chi connectivity index (χ4v) is 3.71. The Balaban J connectivity index is 1.68. The number of pyridine rings is 1. The topological polar surface area (TPSA) is 86.7 Å². The normalized spacial score (nSPS) is 11.4.